The third kappa shape index (κ3) is 4.93. The van der Waals surface area contributed by atoms with Crippen LogP contribution in [0.25, 0.3) is 10.4 Å². The minimum atomic E-state index is -0.241. The molecule has 144 valence electrons. The Morgan fingerprint density at radius 3 is 2.63 bits per heavy atom. The van der Waals surface area contributed by atoms with E-state index in [2.05, 4.69) is 4.98 Å². The minimum absolute atomic E-state index is 0. The van der Waals surface area contributed by atoms with Gasteiger partial charge in [-0.3, -0.25) is 4.79 Å². The largest absolute Gasteiger partial charge is 0.330 e. The molecule has 0 unspecified atom stereocenters. The van der Waals surface area contributed by atoms with E-state index in [1.165, 1.54) is 28.7 Å². The zero-order valence-electron chi connectivity index (χ0n) is 15.0. The van der Waals surface area contributed by atoms with E-state index in [1.807, 2.05) is 32.0 Å². The second-order valence-electron chi connectivity index (χ2n) is 6.10. The summed E-state index contributed by atoms with van der Waals surface area (Å²) < 4.78 is 14.0. The number of rotatable bonds is 6. The number of thiophene rings is 1. The minimum Gasteiger partial charge on any atom is -0.330 e. The molecule has 4 nitrogen and oxygen atoms in total. The first-order valence-corrected chi connectivity index (χ1v) is 9.98. The Hall–Kier alpha value is -1.80. The van der Waals surface area contributed by atoms with Gasteiger partial charge in [-0.25, -0.2) is 9.37 Å². The number of carbonyl (C=O) groups is 1. The molecule has 0 bridgehead atoms. The number of hydrogen-bond donors (Lipinski definition) is 1. The zero-order valence-corrected chi connectivity index (χ0v) is 17.5. The van der Waals surface area contributed by atoms with Crippen molar-refractivity contribution in [2.75, 3.05) is 0 Å². The molecule has 1 amide bonds. The zero-order chi connectivity index (χ0) is 18.7. The molecule has 0 saturated carbocycles. The highest BCUT2D eigenvalue weighted by atomic mass is 35.5. The van der Waals surface area contributed by atoms with Crippen molar-refractivity contribution in [2.24, 2.45) is 5.73 Å². The topological polar surface area (TPSA) is 59.2 Å². The Kier molecular flexibility index (Phi) is 7.49. The van der Waals surface area contributed by atoms with Crippen molar-refractivity contribution >= 4 is 41.0 Å². The van der Waals surface area contributed by atoms with E-state index in [-0.39, 0.29) is 30.2 Å². The van der Waals surface area contributed by atoms with Crippen LogP contribution in [0.1, 0.15) is 34.2 Å². The number of carbonyl (C=O) groups excluding carboxylic acids is 1. The summed E-state index contributed by atoms with van der Waals surface area (Å²) in [5.41, 5.74) is 6.59. The Morgan fingerprint density at radius 2 is 2.00 bits per heavy atom. The van der Waals surface area contributed by atoms with Crippen LogP contribution in [0.4, 0.5) is 4.39 Å². The van der Waals surface area contributed by atoms with Gasteiger partial charge >= 0.3 is 0 Å². The average Bonchev–Trinajstić information content (AvgIpc) is 3.28. The Morgan fingerprint density at radius 1 is 1.26 bits per heavy atom. The summed E-state index contributed by atoms with van der Waals surface area (Å²) in [4.78, 5) is 20.7. The maximum absolute atomic E-state index is 14.0. The van der Waals surface area contributed by atoms with Gasteiger partial charge in [0.05, 0.1) is 6.54 Å². The summed E-state index contributed by atoms with van der Waals surface area (Å²) >= 11 is 2.89. The standard InChI is InChI=1S/C19H20FN3OS2.ClH/c1-12(2)23(19(24)16-11-25-18(9-21)22-16)10-13-7-8-17(26-13)14-5-3-4-6-15(14)20;/h3-8,11-12H,9-10,21H2,1-2H3;1H. The summed E-state index contributed by atoms with van der Waals surface area (Å²) in [5, 5.41) is 2.49. The van der Waals surface area contributed by atoms with Crippen LogP contribution in [0.2, 0.25) is 0 Å². The van der Waals surface area contributed by atoms with E-state index in [0.29, 0.717) is 24.3 Å². The third-order valence-electron chi connectivity index (χ3n) is 3.96. The lowest BCUT2D eigenvalue weighted by Gasteiger charge is -2.25. The molecule has 2 heterocycles. The molecule has 1 aromatic carbocycles. The predicted octanol–water partition coefficient (Wildman–Crippen LogP) is 4.94. The maximum atomic E-state index is 14.0. The molecule has 2 aromatic heterocycles. The molecule has 8 heteroatoms. The lowest BCUT2D eigenvalue weighted by molar-refractivity contribution is 0.0687. The molecule has 0 aliphatic heterocycles. The molecule has 0 aliphatic carbocycles. The SMILES string of the molecule is CC(C)N(Cc1ccc(-c2ccccc2F)s1)C(=O)c1csc(CN)n1.Cl. The number of halogens is 2. The van der Waals surface area contributed by atoms with Crippen LogP contribution in [0, 0.1) is 5.82 Å². The highest BCUT2D eigenvalue weighted by Gasteiger charge is 2.22. The van der Waals surface area contributed by atoms with Gasteiger partial charge in [0.2, 0.25) is 0 Å². The summed E-state index contributed by atoms with van der Waals surface area (Å²) in [6.07, 6.45) is 0. The molecule has 0 saturated heterocycles. The van der Waals surface area contributed by atoms with Gasteiger partial charge in [-0.05, 0) is 32.0 Å². The monoisotopic (exact) mass is 425 g/mol. The lowest BCUT2D eigenvalue weighted by Crippen LogP contribution is -2.36. The second kappa shape index (κ2) is 9.41. The summed E-state index contributed by atoms with van der Waals surface area (Å²) in [6.45, 7) is 4.74. The average molecular weight is 426 g/mol. The van der Waals surface area contributed by atoms with E-state index in [1.54, 1.807) is 22.4 Å². The van der Waals surface area contributed by atoms with Crippen LogP contribution >= 0.6 is 35.1 Å². The third-order valence-corrected chi connectivity index (χ3v) is 5.93. The smallest absolute Gasteiger partial charge is 0.273 e. The van der Waals surface area contributed by atoms with Gasteiger partial charge in [-0.1, -0.05) is 18.2 Å². The number of nitrogens with two attached hydrogens (primary N) is 1. The van der Waals surface area contributed by atoms with Crippen molar-refractivity contribution in [1.82, 2.24) is 9.88 Å². The summed E-state index contributed by atoms with van der Waals surface area (Å²) in [5.74, 6) is -0.355. The maximum Gasteiger partial charge on any atom is 0.273 e. The van der Waals surface area contributed by atoms with Crippen molar-refractivity contribution in [2.45, 2.75) is 33.0 Å². The van der Waals surface area contributed by atoms with Gasteiger partial charge in [0.25, 0.3) is 5.91 Å². The fraction of sp³-hybridized carbons (Fsp3) is 0.263. The van der Waals surface area contributed by atoms with Gasteiger partial charge in [0, 0.05) is 33.3 Å². The molecular weight excluding hydrogens is 405 g/mol. The molecule has 0 atom stereocenters. The van der Waals surface area contributed by atoms with E-state index in [9.17, 15) is 9.18 Å². The van der Waals surface area contributed by atoms with Crippen LogP contribution in [-0.4, -0.2) is 21.8 Å². The fourth-order valence-electron chi connectivity index (χ4n) is 2.58. The van der Waals surface area contributed by atoms with Crippen LogP contribution in [0.5, 0.6) is 0 Å². The van der Waals surface area contributed by atoms with Crippen molar-refractivity contribution in [3.63, 3.8) is 0 Å². The first-order chi connectivity index (χ1) is 12.5. The Labute approximate surface area is 172 Å². The first-order valence-electron chi connectivity index (χ1n) is 8.28. The van der Waals surface area contributed by atoms with Gasteiger partial charge in [0.1, 0.15) is 16.5 Å². The van der Waals surface area contributed by atoms with Crippen LogP contribution < -0.4 is 5.73 Å². The summed E-state index contributed by atoms with van der Waals surface area (Å²) in [7, 11) is 0. The number of benzene rings is 1. The highest BCUT2D eigenvalue weighted by molar-refractivity contribution is 7.15. The molecular formula is C19H21ClFN3OS2. The number of aromatic nitrogens is 1. The molecule has 0 radical (unpaired) electrons. The van der Waals surface area contributed by atoms with Crippen LogP contribution in [0.15, 0.2) is 41.8 Å². The van der Waals surface area contributed by atoms with E-state index >= 15 is 0 Å². The van der Waals surface area contributed by atoms with Gasteiger partial charge in [-0.15, -0.1) is 35.1 Å². The highest BCUT2D eigenvalue weighted by Crippen LogP contribution is 2.31. The molecule has 0 fully saturated rings. The van der Waals surface area contributed by atoms with Crippen molar-refractivity contribution in [3.8, 4) is 10.4 Å². The second-order valence-corrected chi connectivity index (χ2v) is 8.21. The van der Waals surface area contributed by atoms with Gasteiger partial charge in [-0.2, -0.15) is 0 Å². The van der Waals surface area contributed by atoms with E-state index < -0.39 is 0 Å². The van der Waals surface area contributed by atoms with E-state index in [4.69, 9.17) is 5.73 Å². The molecule has 0 aliphatic rings. The quantitative estimate of drug-likeness (QED) is 0.608. The molecule has 2 N–H and O–H groups in total. The van der Waals surface area contributed by atoms with Crippen LogP contribution in [-0.2, 0) is 13.1 Å². The number of thiazole rings is 1. The fourth-order valence-corrected chi connectivity index (χ4v) is 4.26. The molecule has 27 heavy (non-hydrogen) atoms. The first kappa shape index (κ1) is 21.5. The number of amides is 1. The Balaban J connectivity index is 0.00000261. The molecule has 0 spiro atoms. The van der Waals surface area contributed by atoms with Crippen LogP contribution in [0.3, 0.4) is 0 Å². The number of nitrogens with zero attached hydrogens (tertiary/aromatic N) is 2. The van der Waals surface area contributed by atoms with Gasteiger partial charge < -0.3 is 10.6 Å². The Bertz CT molecular complexity index is 910. The van der Waals surface area contributed by atoms with Crippen molar-refractivity contribution < 1.29 is 9.18 Å². The molecule has 3 aromatic rings. The molecule has 3 rings (SSSR count). The van der Waals surface area contributed by atoms with E-state index in [0.717, 1.165) is 14.8 Å². The summed E-state index contributed by atoms with van der Waals surface area (Å²) in [6, 6.07) is 10.6. The van der Waals surface area contributed by atoms with Crippen molar-refractivity contribution in [3.05, 3.63) is 63.2 Å². The van der Waals surface area contributed by atoms with Gasteiger partial charge in [0.15, 0.2) is 0 Å². The normalized spacial score (nSPS) is 10.7. The van der Waals surface area contributed by atoms with Crippen molar-refractivity contribution in [1.29, 1.82) is 0 Å². The predicted molar refractivity (Wildman–Crippen MR) is 112 cm³/mol. The number of hydrogen-bond acceptors (Lipinski definition) is 5. The lowest BCUT2D eigenvalue weighted by atomic mass is 10.2.